The molecule has 4 heteroatoms. The summed E-state index contributed by atoms with van der Waals surface area (Å²) in [5, 5.41) is 1.12. The highest BCUT2D eigenvalue weighted by Crippen LogP contribution is 2.31. The number of nitrogens with zero attached hydrogens (tertiary/aromatic N) is 2. The van der Waals surface area contributed by atoms with Gasteiger partial charge in [-0.3, -0.25) is 8.96 Å². The van der Waals surface area contributed by atoms with Crippen molar-refractivity contribution in [2.45, 2.75) is 17.9 Å². The van der Waals surface area contributed by atoms with Gasteiger partial charge in [-0.1, -0.05) is 18.2 Å². The molecule has 0 saturated carbocycles. The maximum atomic E-state index is 6.08. The normalized spacial score (nSPS) is 12.7. The Kier molecular flexibility index (Phi) is 3.27. The van der Waals surface area contributed by atoms with E-state index < -0.39 is 0 Å². The first-order valence-corrected chi connectivity index (χ1v) is 6.97. The van der Waals surface area contributed by atoms with Crippen molar-refractivity contribution in [2.75, 3.05) is 0 Å². The molecular formula is C15H15N3S. The van der Waals surface area contributed by atoms with Crippen LogP contribution in [0.15, 0.2) is 59.8 Å². The van der Waals surface area contributed by atoms with E-state index in [-0.39, 0.29) is 6.04 Å². The highest BCUT2D eigenvalue weighted by Gasteiger charge is 2.13. The third kappa shape index (κ3) is 2.37. The van der Waals surface area contributed by atoms with Gasteiger partial charge in [0, 0.05) is 34.4 Å². The number of hydrogen-bond acceptors (Lipinski definition) is 3. The fourth-order valence-electron chi connectivity index (χ4n) is 2.06. The van der Waals surface area contributed by atoms with Gasteiger partial charge in [-0.15, -0.1) is 0 Å². The minimum atomic E-state index is -0.0105. The van der Waals surface area contributed by atoms with Crippen LogP contribution in [0.25, 0.3) is 10.9 Å². The molecule has 0 bridgehead atoms. The third-order valence-electron chi connectivity index (χ3n) is 2.99. The Morgan fingerprint density at radius 1 is 1.21 bits per heavy atom. The van der Waals surface area contributed by atoms with E-state index in [0.29, 0.717) is 0 Å². The van der Waals surface area contributed by atoms with Crippen molar-refractivity contribution in [1.82, 2.24) is 8.96 Å². The average Bonchev–Trinajstić information content (AvgIpc) is 2.79. The van der Waals surface area contributed by atoms with Crippen LogP contribution in [0, 0.1) is 0 Å². The van der Waals surface area contributed by atoms with Crippen molar-refractivity contribution in [1.29, 1.82) is 0 Å². The number of benzene rings is 1. The fraction of sp³-hybridized carbons (Fsp3) is 0.133. The Morgan fingerprint density at radius 3 is 2.74 bits per heavy atom. The molecule has 2 N–H and O–H groups in total. The van der Waals surface area contributed by atoms with E-state index >= 15 is 0 Å². The molecule has 0 spiro atoms. The Hall–Kier alpha value is -1.78. The monoisotopic (exact) mass is 269 g/mol. The van der Waals surface area contributed by atoms with Gasteiger partial charge in [0.15, 0.2) is 0 Å². The molecule has 2 heterocycles. The van der Waals surface area contributed by atoms with Crippen molar-refractivity contribution in [3.05, 3.63) is 60.6 Å². The molecule has 0 fully saturated rings. The number of rotatable bonds is 3. The van der Waals surface area contributed by atoms with E-state index in [9.17, 15) is 0 Å². The largest absolute Gasteiger partial charge is 0.323 e. The lowest BCUT2D eigenvalue weighted by Crippen LogP contribution is -2.08. The zero-order valence-electron chi connectivity index (χ0n) is 10.7. The number of hydrogen-bond donors (Lipinski definition) is 1. The lowest BCUT2D eigenvalue weighted by molar-refractivity contribution is 0.781. The van der Waals surface area contributed by atoms with Crippen molar-refractivity contribution in [2.24, 2.45) is 5.73 Å². The summed E-state index contributed by atoms with van der Waals surface area (Å²) in [4.78, 5) is 5.36. The van der Waals surface area contributed by atoms with Crippen LogP contribution < -0.4 is 5.73 Å². The molecule has 0 aliphatic heterocycles. The van der Waals surface area contributed by atoms with Gasteiger partial charge in [-0.05, 0) is 43.1 Å². The number of pyridine rings is 1. The second-order valence-electron chi connectivity index (χ2n) is 4.49. The lowest BCUT2D eigenvalue weighted by Gasteiger charge is -2.11. The summed E-state index contributed by atoms with van der Waals surface area (Å²) >= 11 is 1.69. The first-order chi connectivity index (χ1) is 9.25. The zero-order chi connectivity index (χ0) is 13.2. The Morgan fingerprint density at radius 2 is 2.00 bits per heavy atom. The fourth-order valence-corrected chi connectivity index (χ4v) is 3.14. The summed E-state index contributed by atoms with van der Waals surface area (Å²) in [6, 6.07) is 14.4. The standard InChI is InChI=1S/C15H15N3S/c1-11(16)15-9-12-10-17-8-7-14(12)18(15)19-13-5-3-2-4-6-13/h2-11H,16H2,1H3. The molecule has 96 valence electrons. The first-order valence-electron chi connectivity index (χ1n) is 6.20. The Labute approximate surface area is 116 Å². The lowest BCUT2D eigenvalue weighted by atomic mass is 10.2. The first kappa shape index (κ1) is 12.3. The predicted molar refractivity (Wildman–Crippen MR) is 80.0 cm³/mol. The molecule has 0 aliphatic carbocycles. The van der Waals surface area contributed by atoms with Crippen molar-refractivity contribution in [3.8, 4) is 0 Å². The summed E-state index contributed by atoms with van der Waals surface area (Å²) in [5.74, 6) is 0. The maximum absolute atomic E-state index is 6.08. The van der Waals surface area contributed by atoms with Gasteiger partial charge in [0.25, 0.3) is 0 Å². The van der Waals surface area contributed by atoms with Crippen LogP contribution in [-0.2, 0) is 0 Å². The molecule has 1 unspecified atom stereocenters. The van der Waals surface area contributed by atoms with Gasteiger partial charge in [-0.25, -0.2) is 0 Å². The van der Waals surface area contributed by atoms with Gasteiger partial charge < -0.3 is 5.73 Å². The van der Waals surface area contributed by atoms with Crippen LogP contribution >= 0.6 is 11.9 Å². The molecule has 3 aromatic rings. The summed E-state index contributed by atoms with van der Waals surface area (Å²) in [5.41, 5.74) is 8.33. The minimum Gasteiger partial charge on any atom is -0.323 e. The van der Waals surface area contributed by atoms with E-state index in [1.54, 1.807) is 11.9 Å². The smallest absolute Gasteiger partial charge is 0.0629 e. The summed E-state index contributed by atoms with van der Waals surface area (Å²) in [7, 11) is 0. The number of nitrogens with two attached hydrogens (primary N) is 1. The molecule has 0 aliphatic rings. The number of fused-ring (bicyclic) bond motifs is 1. The highest BCUT2D eigenvalue weighted by molar-refractivity contribution is 7.98. The quantitative estimate of drug-likeness (QED) is 0.790. The summed E-state index contributed by atoms with van der Waals surface area (Å²) < 4.78 is 2.19. The summed E-state index contributed by atoms with van der Waals surface area (Å²) in [6.07, 6.45) is 3.69. The Balaban J connectivity index is 2.12. The van der Waals surface area contributed by atoms with E-state index in [1.165, 1.54) is 4.90 Å². The molecule has 19 heavy (non-hydrogen) atoms. The van der Waals surface area contributed by atoms with E-state index in [4.69, 9.17) is 5.73 Å². The molecule has 3 rings (SSSR count). The topological polar surface area (TPSA) is 43.8 Å². The van der Waals surface area contributed by atoms with Crippen LogP contribution in [0.1, 0.15) is 18.7 Å². The van der Waals surface area contributed by atoms with E-state index in [2.05, 4.69) is 27.2 Å². The summed E-state index contributed by atoms with van der Waals surface area (Å²) in [6.45, 7) is 2.00. The SMILES string of the molecule is CC(N)c1cc2cnccc2n1Sc1ccccc1. The molecule has 0 radical (unpaired) electrons. The molecule has 3 nitrogen and oxygen atoms in total. The third-order valence-corrected chi connectivity index (χ3v) is 4.06. The zero-order valence-corrected chi connectivity index (χ0v) is 11.5. The van der Waals surface area contributed by atoms with Crippen LogP contribution in [0.5, 0.6) is 0 Å². The van der Waals surface area contributed by atoms with Gasteiger partial charge in [0.2, 0.25) is 0 Å². The van der Waals surface area contributed by atoms with Crippen LogP contribution in [0.3, 0.4) is 0 Å². The van der Waals surface area contributed by atoms with E-state index in [0.717, 1.165) is 16.6 Å². The van der Waals surface area contributed by atoms with Gasteiger partial charge in [0.1, 0.15) is 0 Å². The molecule has 0 amide bonds. The average molecular weight is 269 g/mol. The second kappa shape index (κ2) is 5.07. The van der Waals surface area contributed by atoms with Crippen molar-refractivity contribution < 1.29 is 0 Å². The second-order valence-corrected chi connectivity index (χ2v) is 5.51. The Bertz CT molecular complexity index is 689. The van der Waals surface area contributed by atoms with Crippen molar-refractivity contribution in [3.63, 3.8) is 0 Å². The van der Waals surface area contributed by atoms with Gasteiger partial charge in [0.05, 0.1) is 5.52 Å². The predicted octanol–water partition coefficient (Wildman–Crippen LogP) is 3.61. The van der Waals surface area contributed by atoms with Gasteiger partial charge in [-0.2, -0.15) is 0 Å². The molecule has 0 saturated heterocycles. The van der Waals surface area contributed by atoms with Crippen molar-refractivity contribution >= 4 is 22.9 Å². The molecule has 2 aromatic heterocycles. The highest BCUT2D eigenvalue weighted by atomic mass is 32.2. The van der Waals surface area contributed by atoms with Gasteiger partial charge >= 0.3 is 0 Å². The maximum Gasteiger partial charge on any atom is 0.0629 e. The molecule has 1 atom stereocenters. The van der Waals surface area contributed by atoms with E-state index in [1.807, 2.05) is 43.6 Å². The van der Waals surface area contributed by atoms with Crippen LogP contribution in [0.2, 0.25) is 0 Å². The molecule has 1 aromatic carbocycles. The molecular weight excluding hydrogens is 254 g/mol. The number of aromatic nitrogens is 2. The minimum absolute atomic E-state index is 0.0105. The van der Waals surface area contributed by atoms with Crippen LogP contribution in [0.4, 0.5) is 0 Å². The van der Waals surface area contributed by atoms with Crippen LogP contribution in [-0.4, -0.2) is 8.96 Å².